The van der Waals surface area contributed by atoms with Gasteiger partial charge in [0.15, 0.2) is 5.78 Å². The van der Waals surface area contributed by atoms with Gasteiger partial charge in [0.2, 0.25) is 0 Å². The highest BCUT2D eigenvalue weighted by Crippen LogP contribution is 2.58. The van der Waals surface area contributed by atoms with Crippen LogP contribution in [0.4, 0.5) is 0 Å². The summed E-state index contributed by atoms with van der Waals surface area (Å²) in [6.45, 7) is 4.92. The lowest BCUT2D eigenvalue weighted by molar-refractivity contribution is -0.148. The molecule has 128 valence electrons. The molecule has 1 saturated heterocycles. The van der Waals surface area contributed by atoms with Crippen molar-refractivity contribution in [2.45, 2.75) is 43.7 Å². The molecule has 0 amide bonds. The molecule has 4 nitrogen and oxygen atoms in total. The van der Waals surface area contributed by atoms with Gasteiger partial charge in [-0.3, -0.25) is 9.69 Å². The molecule has 0 radical (unpaired) electrons. The minimum atomic E-state index is -1.02. The predicted molar refractivity (Wildman–Crippen MR) is 92.4 cm³/mol. The summed E-state index contributed by atoms with van der Waals surface area (Å²) >= 11 is 0. The second-order valence-corrected chi connectivity index (χ2v) is 7.63. The van der Waals surface area contributed by atoms with E-state index in [2.05, 4.69) is 24.9 Å². The Kier molecular flexibility index (Phi) is 3.26. The number of aliphatic hydroxyl groups is 1. The van der Waals surface area contributed by atoms with Gasteiger partial charge in [0, 0.05) is 17.4 Å². The lowest BCUT2D eigenvalue weighted by Gasteiger charge is -2.63. The monoisotopic (exact) mass is 327 g/mol. The molecule has 3 aliphatic rings. The molecule has 0 spiro atoms. The molecule has 1 aromatic carbocycles. The first kappa shape index (κ1) is 15.9. The predicted octanol–water partition coefficient (Wildman–Crippen LogP) is 2.01. The number of fused-ring (bicyclic) bond motifs is 1. The number of ether oxygens (including phenoxy) is 1. The average Bonchev–Trinajstić information content (AvgIpc) is 2.55. The van der Waals surface area contributed by atoms with Crippen LogP contribution in [0.25, 0.3) is 0 Å². The van der Waals surface area contributed by atoms with Crippen LogP contribution in [0.2, 0.25) is 0 Å². The first-order valence-electron chi connectivity index (χ1n) is 8.69. The molecule has 1 fully saturated rings. The molecule has 3 unspecified atom stereocenters. The number of piperidine rings is 1. The number of nitrogens with zero attached hydrogens (tertiary/aromatic N) is 1. The molecule has 1 N–H and O–H groups in total. The molecule has 1 aromatic rings. The highest BCUT2D eigenvalue weighted by atomic mass is 16.5. The molecular formula is C20H25NO3. The largest absolute Gasteiger partial charge is 0.496 e. The number of methoxy groups -OCH3 is 1. The lowest BCUT2D eigenvalue weighted by Crippen LogP contribution is -2.73. The van der Waals surface area contributed by atoms with E-state index in [4.69, 9.17) is 4.74 Å². The van der Waals surface area contributed by atoms with Gasteiger partial charge in [-0.05, 0) is 68.3 Å². The average molecular weight is 327 g/mol. The zero-order chi connectivity index (χ0) is 17.3. The van der Waals surface area contributed by atoms with E-state index in [1.807, 2.05) is 13.0 Å². The van der Waals surface area contributed by atoms with Crippen molar-refractivity contribution in [2.75, 3.05) is 20.7 Å². The fourth-order valence-corrected chi connectivity index (χ4v) is 5.58. The van der Waals surface area contributed by atoms with Crippen molar-refractivity contribution in [3.8, 4) is 5.75 Å². The van der Waals surface area contributed by atoms with Crippen LogP contribution in [0.3, 0.4) is 0 Å². The third-order valence-electron chi connectivity index (χ3n) is 6.86. The minimum Gasteiger partial charge on any atom is -0.496 e. The number of ketones is 1. The van der Waals surface area contributed by atoms with Crippen LogP contribution in [-0.2, 0) is 16.6 Å². The maximum absolute atomic E-state index is 12.6. The van der Waals surface area contributed by atoms with Gasteiger partial charge in [-0.2, -0.15) is 0 Å². The molecule has 0 aromatic heterocycles. The van der Waals surface area contributed by atoms with E-state index >= 15 is 0 Å². The maximum atomic E-state index is 12.6. The number of benzene rings is 1. The Balaban J connectivity index is 2.09. The minimum absolute atomic E-state index is 0.00153. The van der Waals surface area contributed by atoms with Gasteiger partial charge in [-0.1, -0.05) is 13.0 Å². The summed E-state index contributed by atoms with van der Waals surface area (Å²) in [6, 6.07) is 4.12. The van der Waals surface area contributed by atoms with Gasteiger partial charge in [-0.25, -0.2) is 0 Å². The van der Waals surface area contributed by atoms with Crippen molar-refractivity contribution in [1.29, 1.82) is 0 Å². The van der Waals surface area contributed by atoms with E-state index in [1.54, 1.807) is 19.3 Å². The first-order chi connectivity index (χ1) is 11.4. The van der Waals surface area contributed by atoms with E-state index in [-0.39, 0.29) is 17.7 Å². The normalized spacial score (nSPS) is 37.8. The van der Waals surface area contributed by atoms with Gasteiger partial charge in [0.25, 0.3) is 0 Å². The summed E-state index contributed by atoms with van der Waals surface area (Å²) in [7, 11) is 3.75. The fraction of sp³-hybridized carbons (Fsp3) is 0.550. The third-order valence-corrected chi connectivity index (χ3v) is 6.86. The summed E-state index contributed by atoms with van der Waals surface area (Å²) < 4.78 is 5.55. The van der Waals surface area contributed by atoms with Gasteiger partial charge >= 0.3 is 0 Å². The maximum Gasteiger partial charge on any atom is 0.159 e. The van der Waals surface area contributed by atoms with E-state index in [0.717, 1.165) is 36.3 Å². The van der Waals surface area contributed by atoms with Crippen molar-refractivity contribution >= 4 is 5.78 Å². The summed E-state index contributed by atoms with van der Waals surface area (Å²) in [5, 5.41) is 11.8. The van der Waals surface area contributed by atoms with Crippen molar-refractivity contribution in [2.24, 2.45) is 5.92 Å². The SMILES string of the molecule is COc1ccc2c(c1C)[C@]13CCN(C)C(C2)C1(O)C=CC(=O)C3C. The van der Waals surface area contributed by atoms with Gasteiger partial charge in [-0.15, -0.1) is 0 Å². The summed E-state index contributed by atoms with van der Waals surface area (Å²) in [6.07, 6.45) is 4.93. The van der Waals surface area contributed by atoms with Gasteiger partial charge < -0.3 is 9.84 Å². The van der Waals surface area contributed by atoms with E-state index in [1.165, 1.54) is 5.56 Å². The number of carbonyl (C=O) groups is 1. The smallest absolute Gasteiger partial charge is 0.159 e. The Morgan fingerprint density at radius 3 is 2.83 bits per heavy atom. The summed E-state index contributed by atoms with van der Waals surface area (Å²) in [5.74, 6) is 0.698. The molecule has 4 heteroatoms. The lowest BCUT2D eigenvalue weighted by atomic mass is 9.47. The van der Waals surface area contributed by atoms with E-state index in [9.17, 15) is 9.90 Å². The highest BCUT2D eigenvalue weighted by Gasteiger charge is 2.66. The first-order valence-corrected chi connectivity index (χ1v) is 8.69. The molecule has 24 heavy (non-hydrogen) atoms. The van der Waals surface area contributed by atoms with Gasteiger partial charge in [0.1, 0.15) is 11.4 Å². The van der Waals surface area contributed by atoms with Crippen LogP contribution in [0.5, 0.6) is 5.75 Å². The number of likely N-dealkylation sites (N-methyl/N-ethyl adjacent to an activating group) is 1. The Hall–Kier alpha value is -1.65. The summed E-state index contributed by atoms with van der Waals surface area (Å²) in [4.78, 5) is 14.8. The van der Waals surface area contributed by atoms with Crippen molar-refractivity contribution in [1.82, 2.24) is 4.90 Å². The van der Waals surface area contributed by atoms with Crippen LogP contribution in [0.1, 0.15) is 30.0 Å². The number of hydrogen-bond donors (Lipinski definition) is 1. The van der Waals surface area contributed by atoms with Crippen LogP contribution in [0.15, 0.2) is 24.3 Å². The molecule has 1 aliphatic heterocycles. The van der Waals surface area contributed by atoms with E-state index < -0.39 is 11.0 Å². The van der Waals surface area contributed by atoms with E-state index in [0.29, 0.717) is 0 Å². The van der Waals surface area contributed by atoms with Crippen LogP contribution in [0, 0.1) is 12.8 Å². The number of likely N-dealkylation sites (tertiary alicyclic amines) is 1. The fourth-order valence-electron chi connectivity index (χ4n) is 5.58. The number of hydrogen-bond acceptors (Lipinski definition) is 4. The molecule has 0 saturated carbocycles. The summed E-state index contributed by atoms with van der Waals surface area (Å²) in [5.41, 5.74) is 1.86. The Bertz CT molecular complexity index is 755. The topological polar surface area (TPSA) is 49.8 Å². The quantitative estimate of drug-likeness (QED) is 0.857. The Morgan fingerprint density at radius 1 is 1.38 bits per heavy atom. The Labute approximate surface area is 143 Å². The second-order valence-electron chi connectivity index (χ2n) is 7.63. The number of rotatable bonds is 1. The zero-order valence-corrected chi connectivity index (χ0v) is 14.8. The van der Waals surface area contributed by atoms with Crippen molar-refractivity contribution < 1.29 is 14.6 Å². The van der Waals surface area contributed by atoms with Crippen molar-refractivity contribution in [3.63, 3.8) is 0 Å². The molecule has 2 aliphatic carbocycles. The molecule has 4 rings (SSSR count). The molecule has 1 heterocycles. The zero-order valence-electron chi connectivity index (χ0n) is 14.8. The van der Waals surface area contributed by atoms with Crippen LogP contribution >= 0.6 is 0 Å². The molecular weight excluding hydrogens is 302 g/mol. The number of allylic oxidation sites excluding steroid dienone is 1. The van der Waals surface area contributed by atoms with Crippen LogP contribution < -0.4 is 4.74 Å². The number of carbonyl (C=O) groups excluding carboxylic acids is 1. The molecule has 4 atom stereocenters. The van der Waals surface area contributed by atoms with Gasteiger partial charge in [0.05, 0.1) is 7.11 Å². The van der Waals surface area contributed by atoms with Crippen molar-refractivity contribution in [3.05, 3.63) is 41.0 Å². The van der Waals surface area contributed by atoms with Crippen LogP contribution in [-0.4, -0.2) is 48.1 Å². The highest BCUT2D eigenvalue weighted by molar-refractivity contribution is 5.95. The second kappa shape index (κ2) is 4.93. The molecule has 2 bridgehead atoms. The standard InChI is InChI=1S/C20H25NO3/c1-12-16(24-4)6-5-14-11-17-20(23)8-7-15(22)13(2)19(20,18(12)14)9-10-21(17)3/h5-8,13,17,23H,9-11H2,1-4H3/t13?,17?,19-,20?/m1/s1. The Morgan fingerprint density at radius 2 is 2.12 bits per heavy atom. The third kappa shape index (κ3) is 1.63.